The molecule has 2 unspecified atom stereocenters. The fraction of sp³-hybridized carbons (Fsp3) is 0.500. The molecule has 0 N–H and O–H groups in total. The highest BCUT2D eigenvalue weighted by Crippen LogP contribution is 2.22. The molecule has 6 nitrogen and oxygen atoms in total. The maximum absolute atomic E-state index is 12.6. The van der Waals surface area contributed by atoms with Gasteiger partial charge in [-0.05, 0) is 74.6 Å². The number of carbonyl (C=O) groups excluding carboxylic acids is 2. The van der Waals surface area contributed by atoms with Crippen molar-refractivity contribution in [1.82, 2.24) is 0 Å². The van der Waals surface area contributed by atoms with E-state index in [0.717, 1.165) is 49.8 Å². The molecule has 0 aromatic heterocycles. The Bertz CT molecular complexity index is 997. The van der Waals surface area contributed by atoms with Crippen LogP contribution >= 0.6 is 0 Å². The second-order valence-corrected chi connectivity index (χ2v) is 9.52. The maximum atomic E-state index is 12.6. The summed E-state index contributed by atoms with van der Waals surface area (Å²) >= 11 is 0. The average Bonchev–Trinajstić information content (AvgIpc) is 3.36. The van der Waals surface area contributed by atoms with Gasteiger partial charge >= 0.3 is 11.9 Å². The Morgan fingerprint density at radius 3 is 2.22 bits per heavy atom. The predicted molar refractivity (Wildman–Crippen MR) is 142 cm³/mol. The molecule has 0 bridgehead atoms. The number of rotatable bonds is 14. The van der Waals surface area contributed by atoms with Gasteiger partial charge in [0.25, 0.3) is 0 Å². The highest BCUT2D eigenvalue weighted by Gasteiger charge is 2.22. The molecule has 2 aromatic carbocycles. The molecule has 0 fully saturated rings. The van der Waals surface area contributed by atoms with E-state index in [1.807, 2.05) is 19.1 Å². The largest absolute Gasteiger partial charge is 0.459 e. The fourth-order valence-electron chi connectivity index (χ4n) is 4.17. The molecule has 1 aliphatic heterocycles. The number of hydrogen-bond donors (Lipinski definition) is 0. The number of nitrogens with zero attached hydrogens (tertiary/aromatic N) is 1. The van der Waals surface area contributed by atoms with E-state index in [9.17, 15) is 9.59 Å². The summed E-state index contributed by atoms with van der Waals surface area (Å²) in [5.41, 5.74) is 2.74. The lowest BCUT2D eigenvalue weighted by Gasteiger charge is -2.13. The Hall–Kier alpha value is -3.15. The number of hydrogen-bond acceptors (Lipinski definition) is 6. The molecule has 0 saturated carbocycles. The molecule has 3 rings (SSSR count). The first-order valence-electron chi connectivity index (χ1n) is 13.4. The minimum atomic E-state index is -0.459. The van der Waals surface area contributed by atoms with Crippen LogP contribution in [-0.2, 0) is 9.57 Å². The molecule has 36 heavy (non-hydrogen) atoms. The molecule has 0 spiro atoms. The van der Waals surface area contributed by atoms with Crippen LogP contribution < -0.4 is 4.74 Å². The highest BCUT2D eigenvalue weighted by molar-refractivity contribution is 6.02. The van der Waals surface area contributed by atoms with Gasteiger partial charge in [0.15, 0.2) is 0 Å². The lowest BCUT2D eigenvalue weighted by molar-refractivity contribution is 0.0319. The minimum Gasteiger partial charge on any atom is -0.459 e. The first-order valence-corrected chi connectivity index (χ1v) is 13.4. The monoisotopic (exact) mass is 493 g/mol. The Morgan fingerprint density at radius 2 is 1.53 bits per heavy atom. The van der Waals surface area contributed by atoms with Gasteiger partial charge in [0.2, 0.25) is 0 Å². The van der Waals surface area contributed by atoms with Gasteiger partial charge in [-0.2, -0.15) is 0 Å². The van der Waals surface area contributed by atoms with Crippen LogP contribution in [0, 0.1) is 0 Å². The van der Waals surface area contributed by atoms with Crippen LogP contribution in [0.25, 0.3) is 0 Å². The number of oxime groups is 1. The SMILES string of the molecule is CCCCCCC(C)OC(=O)c1ccc(OC(=O)c2ccc(C3=NOC(CCCCC)C3)cc2)cc1. The number of ether oxygens (including phenoxy) is 2. The van der Waals surface area contributed by atoms with E-state index >= 15 is 0 Å². The van der Waals surface area contributed by atoms with Crippen LogP contribution in [0.5, 0.6) is 5.75 Å². The van der Waals surface area contributed by atoms with Gasteiger partial charge in [-0.15, -0.1) is 0 Å². The Balaban J connectivity index is 1.47. The smallest absolute Gasteiger partial charge is 0.343 e. The van der Waals surface area contributed by atoms with Crippen LogP contribution in [0.15, 0.2) is 53.7 Å². The molecular weight excluding hydrogens is 454 g/mol. The second kappa shape index (κ2) is 14.4. The summed E-state index contributed by atoms with van der Waals surface area (Å²) in [6, 6.07) is 13.7. The molecular formula is C30H39NO5. The number of esters is 2. The quantitative estimate of drug-likeness (QED) is 0.155. The van der Waals surface area contributed by atoms with Gasteiger partial charge in [-0.25, -0.2) is 9.59 Å². The summed E-state index contributed by atoms with van der Waals surface area (Å²) < 4.78 is 11.0. The van der Waals surface area contributed by atoms with Crippen molar-refractivity contribution in [1.29, 1.82) is 0 Å². The zero-order valence-corrected chi connectivity index (χ0v) is 21.8. The van der Waals surface area contributed by atoms with Crippen molar-refractivity contribution in [2.75, 3.05) is 0 Å². The maximum Gasteiger partial charge on any atom is 0.343 e. The first-order chi connectivity index (χ1) is 17.5. The summed E-state index contributed by atoms with van der Waals surface area (Å²) in [5, 5.41) is 4.23. The summed E-state index contributed by atoms with van der Waals surface area (Å²) in [5.74, 6) is -0.450. The third-order valence-corrected chi connectivity index (χ3v) is 6.39. The van der Waals surface area contributed by atoms with Gasteiger partial charge < -0.3 is 14.3 Å². The van der Waals surface area contributed by atoms with E-state index in [0.29, 0.717) is 16.9 Å². The van der Waals surface area contributed by atoms with Gasteiger partial charge in [0, 0.05) is 6.42 Å². The van der Waals surface area contributed by atoms with Crippen LogP contribution in [-0.4, -0.2) is 29.9 Å². The molecule has 0 saturated heterocycles. The second-order valence-electron chi connectivity index (χ2n) is 9.52. The van der Waals surface area contributed by atoms with Crippen molar-refractivity contribution < 1.29 is 23.9 Å². The predicted octanol–water partition coefficient (Wildman–Crippen LogP) is 7.49. The molecule has 1 heterocycles. The zero-order valence-electron chi connectivity index (χ0n) is 21.8. The van der Waals surface area contributed by atoms with E-state index < -0.39 is 5.97 Å². The standard InChI is InChI=1S/C30H39NO5/c1-4-6-8-10-11-22(3)34-29(32)25-17-19-26(20-18-25)35-30(33)24-15-13-23(14-16-24)28-21-27(36-31-28)12-9-7-5-2/h13-20,22,27H,4-12,21H2,1-3H3. The van der Waals surface area contributed by atoms with Crippen molar-refractivity contribution in [3.63, 3.8) is 0 Å². The minimum absolute atomic E-state index is 0.122. The molecule has 0 amide bonds. The van der Waals surface area contributed by atoms with Crippen LogP contribution in [0.3, 0.4) is 0 Å². The van der Waals surface area contributed by atoms with Gasteiger partial charge in [0.1, 0.15) is 11.9 Å². The molecule has 0 radical (unpaired) electrons. The van der Waals surface area contributed by atoms with Crippen molar-refractivity contribution >= 4 is 17.7 Å². The lowest BCUT2D eigenvalue weighted by Crippen LogP contribution is -2.15. The topological polar surface area (TPSA) is 74.2 Å². The molecule has 2 atom stereocenters. The molecule has 0 aliphatic carbocycles. The number of unbranched alkanes of at least 4 members (excludes halogenated alkanes) is 5. The summed E-state index contributed by atoms with van der Waals surface area (Å²) in [7, 11) is 0. The van der Waals surface area contributed by atoms with Crippen molar-refractivity contribution in [3.8, 4) is 5.75 Å². The molecule has 1 aliphatic rings. The molecule has 2 aromatic rings. The van der Waals surface area contributed by atoms with Crippen LogP contribution in [0.4, 0.5) is 0 Å². The average molecular weight is 494 g/mol. The zero-order chi connectivity index (χ0) is 25.8. The third-order valence-electron chi connectivity index (χ3n) is 6.39. The third kappa shape index (κ3) is 8.51. The molecule has 6 heteroatoms. The summed E-state index contributed by atoms with van der Waals surface area (Å²) in [6.45, 7) is 6.28. The normalized spacial score (nSPS) is 15.6. The van der Waals surface area contributed by atoms with E-state index in [1.165, 1.54) is 25.7 Å². The summed E-state index contributed by atoms with van der Waals surface area (Å²) in [6.07, 6.45) is 10.8. The molecule has 194 valence electrons. The first kappa shape index (κ1) is 27.4. The number of benzene rings is 2. The lowest BCUT2D eigenvalue weighted by atomic mass is 10.0. The Kier molecular flexibility index (Phi) is 11.0. The highest BCUT2D eigenvalue weighted by atomic mass is 16.6. The van der Waals surface area contributed by atoms with Gasteiger partial charge in [-0.3, -0.25) is 0 Å². The fourth-order valence-corrected chi connectivity index (χ4v) is 4.17. The van der Waals surface area contributed by atoms with E-state index in [4.69, 9.17) is 14.3 Å². The van der Waals surface area contributed by atoms with Gasteiger partial charge in [-0.1, -0.05) is 63.2 Å². The van der Waals surface area contributed by atoms with Crippen molar-refractivity contribution in [2.45, 2.75) is 97.2 Å². The van der Waals surface area contributed by atoms with E-state index in [-0.39, 0.29) is 18.2 Å². The van der Waals surface area contributed by atoms with Gasteiger partial charge in [0.05, 0.1) is 22.9 Å². The van der Waals surface area contributed by atoms with E-state index in [1.54, 1.807) is 36.4 Å². The van der Waals surface area contributed by atoms with Crippen LogP contribution in [0.2, 0.25) is 0 Å². The Labute approximate surface area is 215 Å². The number of carbonyl (C=O) groups is 2. The van der Waals surface area contributed by atoms with Crippen LogP contribution in [0.1, 0.15) is 111 Å². The van der Waals surface area contributed by atoms with E-state index in [2.05, 4.69) is 19.0 Å². The Morgan fingerprint density at radius 1 is 0.889 bits per heavy atom. The summed E-state index contributed by atoms with van der Waals surface area (Å²) in [4.78, 5) is 30.5. The van der Waals surface area contributed by atoms with Crippen molar-refractivity contribution in [2.24, 2.45) is 5.16 Å². The van der Waals surface area contributed by atoms with Crippen molar-refractivity contribution in [3.05, 3.63) is 65.2 Å².